The molecule has 1 atom stereocenters. The number of aromatic nitrogens is 2. The van der Waals surface area contributed by atoms with Crippen LogP contribution >= 0.6 is 0 Å². The highest BCUT2D eigenvalue weighted by Crippen LogP contribution is 2.21. The summed E-state index contributed by atoms with van der Waals surface area (Å²) in [5.41, 5.74) is 1.78. The molecule has 1 aliphatic rings. The maximum Gasteiger partial charge on any atom is 0.328 e. The second kappa shape index (κ2) is 4.74. The van der Waals surface area contributed by atoms with Gasteiger partial charge < -0.3 is 9.47 Å². The topological polar surface area (TPSA) is 45.4 Å². The monoisotopic (exact) mass is 262 g/mol. The van der Waals surface area contributed by atoms with Gasteiger partial charge in [0.15, 0.2) is 0 Å². The summed E-state index contributed by atoms with van der Waals surface area (Å²) in [6, 6.07) is 5.73. The van der Waals surface area contributed by atoms with Crippen LogP contribution in [-0.4, -0.2) is 28.5 Å². The van der Waals surface area contributed by atoms with Gasteiger partial charge in [0.25, 0.3) is 0 Å². The Kier molecular flexibility index (Phi) is 3.06. The predicted molar refractivity (Wildman–Crippen MR) is 72.6 cm³/mol. The van der Waals surface area contributed by atoms with Crippen LogP contribution in [0.4, 0.5) is 0 Å². The van der Waals surface area contributed by atoms with Crippen molar-refractivity contribution in [3.05, 3.63) is 28.7 Å². The van der Waals surface area contributed by atoms with Gasteiger partial charge in [-0.2, -0.15) is 0 Å². The Bertz CT molecular complexity index is 650. The Labute approximate surface area is 111 Å². The first-order chi connectivity index (χ1) is 9.16. The van der Waals surface area contributed by atoms with E-state index in [2.05, 4.69) is 0 Å². The van der Waals surface area contributed by atoms with E-state index in [-0.39, 0.29) is 11.8 Å². The molecular weight excluding hydrogens is 244 g/mol. The van der Waals surface area contributed by atoms with Gasteiger partial charge in [-0.05, 0) is 25.0 Å². The summed E-state index contributed by atoms with van der Waals surface area (Å²) in [5, 5.41) is 0. The third-order valence-electron chi connectivity index (χ3n) is 3.70. The van der Waals surface area contributed by atoms with E-state index < -0.39 is 0 Å². The summed E-state index contributed by atoms with van der Waals surface area (Å²) in [4.78, 5) is 11.8. The standard InChI is InChI=1S/C14H18N2O3/c1-15-12-6-5-10(8-13(12)16(2)14(15)17)19-9-11-4-3-7-18-11/h5-6,8,11H,3-4,7,9H2,1-2H3. The number of fused-ring (bicyclic) bond motifs is 1. The van der Waals surface area contributed by atoms with Gasteiger partial charge in [0.05, 0.1) is 17.1 Å². The van der Waals surface area contributed by atoms with Crippen LogP contribution in [0.15, 0.2) is 23.0 Å². The molecule has 1 aliphatic heterocycles. The van der Waals surface area contributed by atoms with E-state index in [0.717, 1.165) is 36.2 Å². The van der Waals surface area contributed by atoms with E-state index >= 15 is 0 Å². The Balaban J connectivity index is 1.85. The molecule has 1 fully saturated rings. The fourth-order valence-corrected chi connectivity index (χ4v) is 2.54. The Morgan fingerprint density at radius 3 is 2.84 bits per heavy atom. The summed E-state index contributed by atoms with van der Waals surface area (Å²) < 4.78 is 14.5. The first-order valence-electron chi connectivity index (χ1n) is 6.56. The van der Waals surface area contributed by atoms with Crippen LogP contribution in [0.3, 0.4) is 0 Å². The highest BCUT2D eigenvalue weighted by Gasteiger charge is 2.16. The molecule has 102 valence electrons. The second-order valence-electron chi connectivity index (χ2n) is 5.00. The molecule has 1 saturated heterocycles. The molecule has 0 radical (unpaired) electrons. The summed E-state index contributed by atoms with van der Waals surface area (Å²) >= 11 is 0. The highest BCUT2D eigenvalue weighted by atomic mass is 16.5. The van der Waals surface area contributed by atoms with Crippen LogP contribution in [0.1, 0.15) is 12.8 Å². The van der Waals surface area contributed by atoms with Crippen LogP contribution in [0.2, 0.25) is 0 Å². The molecule has 1 aromatic carbocycles. The van der Waals surface area contributed by atoms with E-state index in [1.165, 1.54) is 0 Å². The van der Waals surface area contributed by atoms with Crippen molar-refractivity contribution in [1.29, 1.82) is 0 Å². The first kappa shape index (κ1) is 12.3. The molecule has 0 spiro atoms. The van der Waals surface area contributed by atoms with Gasteiger partial charge >= 0.3 is 5.69 Å². The number of hydrogen-bond acceptors (Lipinski definition) is 3. The summed E-state index contributed by atoms with van der Waals surface area (Å²) in [7, 11) is 3.55. The van der Waals surface area contributed by atoms with Gasteiger partial charge in [-0.15, -0.1) is 0 Å². The largest absolute Gasteiger partial charge is 0.491 e. The van der Waals surface area contributed by atoms with E-state index in [1.807, 2.05) is 18.2 Å². The summed E-state index contributed by atoms with van der Waals surface area (Å²) in [6.07, 6.45) is 2.38. The lowest BCUT2D eigenvalue weighted by molar-refractivity contribution is 0.0680. The molecular formula is C14H18N2O3. The van der Waals surface area contributed by atoms with Crippen molar-refractivity contribution in [2.45, 2.75) is 18.9 Å². The molecule has 2 aromatic rings. The second-order valence-corrected chi connectivity index (χ2v) is 5.00. The number of nitrogens with zero attached hydrogens (tertiary/aromatic N) is 2. The van der Waals surface area contributed by atoms with Gasteiger partial charge in [-0.25, -0.2) is 4.79 Å². The maximum atomic E-state index is 11.8. The first-order valence-corrected chi connectivity index (χ1v) is 6.56. The van der Waals surface area contributed by atoms with Crippen molar-refractivity contribution in [2.75, 3.05) is 13.2 Å². The Hall–Kier alpha value is -1.75. The lowest BCUT2D eigenvalue weighted by Gasteiger charge is -2.11. The Morgan fingerprint density at radius 1 is 1.32 bits per heavy atom. The molecule has 3 rings (SSSR count). The summed E-state index contributed by atoms with van der Waals surface area (Å²) in [6.45, 7) is 1.41. The van der Waals surface area contributed by atoms with Crippen LogP contribution < -0.4 is 10.4 Å². The zero-order valence-electron chi connectivity index (χ0n) is 11.3. The SMILES string of the molecule is Cn1c(=O)n(C)c2cc(OCC3CCCO3)ccc21. The molecule has 2 heterocycles. The van der Waals surface area contributed by atoms with Crippen molar-refractivity contribution >= 4 is 11.0 Å². The van der Waals surface area contributed by atoms with Crippen molar-refractivity contribution in [1.82, 2.24) is 9.13 Å². The van der Waals surface area contributed by atoms with Gasteiger partial charge in [0.2, 0.25) is 0 Å². The molecule has 19 heavy (non-hydrogen) atoms. The van der Waals surface area contributed by atoms with Gasteiger partial charge in [0, 0.05) is 26.8 Å². The van der Waals surface area contributed by atoms with Crippen LogP contribution in [0.25, 0.3) is 11.0 Å². The fourth-order valence-electron chi connectivity index (χ4n) is 2.54. The molecule has 0 saturated carbocycles. The lowest BCUT2D eigenvalue weighted by Crippen LogP contribution is -2.19. The van der Waals surface area contributed by atoms with Crippen LogP contribution in [-0.2, 0) is 18.8 Å². The predicted octanol–water partition coefficient (Wildman–Crippen LogP) is 1.43. The highest BCUT2D eigenvalue weighted by molar-refractivity contribution is 5.77. The molecule has 0 N–H and O–H groups in total. The number of imidazole rings is 1. The number of aryl methyl sites for hydroxylation is 2. The molecule has 5 heteroatoms. The third kappa shape index (κ3) is 2.14. The van der Waals surface area contributed by atoms with Crippen molar-refractivity contribution < 1.29 is 9.47 Å². The van der Waals surface area contributed by atoms with Crippen LogP contribution in [0.5, 0.6) is 5.75 Å². The van der Waals surface area contributed by atoms with Gasteiger partial charge in [0.1, 0.15) is 12.4 Å². The fraction of sp³-hybridized carbons (Fsp3) is 0.500. The minimum absolute atomic E-state index is 0.0220. The van der Waals surface area contributed by atoms with E-state index in [1.54, 1.807) is 23.2 Å². The van der Waals surface area contributed by atoms with E-state index in [9.17, 15) is 4.79 Å². The summed E-state index contributed by atoms with van der Waals surface area (Å²) in [5.74, 6) is 0.782. The minimum Gasteiger partial charge on any atom is -0.491 e. The average Bonchev–Trinajstić information content (AvgIpc) is 3.01. The normalized spacial score (nSPS) is 19.2. The Morgan fingerprint density at radius 2 is 2.11 bits per heavy atom. The van der Waals surface area contributed by atoms with Crippen molar-refractivity contribution in [3.8, 4) is 5.75 Å². The van der Waals surface area contributed by atoms with Crippen molar-refractivity contribution in [2.24, 2.45) is 14.1 Å². The zero-order valence-corrected chi connectivity index (χ0v) is 11.3. The smallest absolute Gasteiger partial charge is 0.328 e. The van der Waals surface area contributed by atoms with Crippen molar-refractivity contribution in [3.63, 3.8) is 0 Å². The molecule has 0 aliphatic carbocycles. The molecule has 1 unspecified atom stereocenters. The van der Waals surface area contributed by atoms with Crippen LogP contribution in [0, 0.1) is 0 Å². The lowest BCUT2D eigenvalue weighted by atomic mass is 10.2. The average molecular weight is 262 g/mol. The van der Waals surface area contributed by atoms with E-state index in [4.69, 9.17) is 9.47 Å². The van der Waals surface area contributed by atoms with E-state index in [0.29, 0.717) is 6.61 Å². The molecule has 0 amide bonds. The maximum absolute atomic E-state index is 11.8. The zero-order chi connectivity index (χ0) is 13.4. The molecule has 1 aromatic heterocycles. The quantitative estimate of drug-likeness (QED) is 0.840. The van der Waals surface area contributed by atoms with Gasteiger partial charge in [-0.3, -0.25) is 9.13 Å². The number of ether oxygens (including phenoxy) is 2. The number of benzene rings is 1. The minimum atomic E-state index is -0.0220. The third-order valence-corrected chi connectivity index (χ3v) is 3.70. The van der Waals surface area contributed by atoms with Gasteiger partial charge in [-0.1, -0.05) is 0 Å². The molecule has 0 bridgehead atoms. The number of hydrogen-bond donors (Lipinski definition) is 0. The molecule has 5 nitrogen and oxygen atoms in total. The number of rotatable bonds is 3.